The Hall–Kier alpha value is -1.76. The van der Waals surface area contributed by atoms with E-state index in [0.29, 0.717) is 5.02 Å². The molecule has 1 fully saturated rings. The lowest BCUT2D eigenvalue weighted by molar-refractivity contribution is 0.415. The summed E-state index contributed by atoms with van der Waals surface area (Å²) in [6.45, 7) is 1.64. The smallest absolute Gasteiger partial charge is 0.0871 e. The lowest BCUT2D eigenvalue weighted by Gasteiger charge is -2.38. The Kier molecular flexibility index (Phi) is 4.24. The van der Waals surface area contributed by atoms with Gasteiger partial charge in [-0.05, 0) is 48.7 Å². The largest absolute Gasteiger partial charge is 0.371 e. The molecule has 0 bridgehead atoms. The molecule has 0 unspecified atom stereocenters. The maximum atomic E-state index is 9.72. The molecule has 2 heterocycles. The predicted molar refractivity (Wildman–Crippen MR) is 89.4 cm³/mol. The van der Waals surface area contributed by atoms with Crippen LogP contribution in [-0.2, 0) is 5.41 Å². The van der Waals surface area contributed by atoms with Gasteiger partial charge in [-0.25, -0.2) is 0 Å². The van der Waals surface area contributed by atoms with Crippen molar-refractivity contribution in [2.45, 2.75) is 18.3 Å². The van der Waals surface area contributed by atoms with E-state index in [9.17, 15) is 5.26 Å². The number of pyridine rings is 1. The zero-order valence-corrected chi connectivity index (χ0v) is 13.5. The van der Waals surface area contributed by atoms with Crippen molar-refractivity contribution in [1.29, 1.82) is 5.26 Å². The third-order valence-electron chi connectivity index (χ3n) is 4.28. The quantitative estimate of drug-likeness (QED) is 0.816. The normalized spacial score (nSPS) is 17.0. The van der Waals surface area contributed by atoms with Crippen LogP contribution < -0.4 is 4.90 Å². The van der Waals surface area contributed by atoms with Gasteiger partial charge in [-0.1, -0.05) is 23.2 Å². The zero-order chi connectivity index (χ0) is 15.6. The number of anilines is 1. The first-order chi connectivity index (χ1) is 10.6. The maximum Gasteiger partial charge on any atom is 0.0871 e. The zero-order valence-electron chi connectivity index (χ0n) is 12.0. The molecule has 3 rings (SSSR count). The van der Waals surface area contributed by atoms with Crippen molar-refractivity contribution in [2.24, 2.45) is 0 Å². The Labute approximate surface area is 140 Å². The van der Waals surface area contributed by atoms with Crippen LogP contribution in [0.15, 0.2) is 42.7 Å². The molecular formula is C17H15Cl2N3. The van der Waals surface area contributed by atoms with Crippen LogP contribution in [0, 0.1) is 11.3 Å². The molecule has 2 aromatic rings. The van der Waals surface area contributed by atoms with Gasteiger partial charge >= 0.3 is 0 Å². The van der Waals surface area contributed by atoms with Gasteiger partial charge in [0.15, 0.2) is 0 Å². The Morgan fingerprint density at radius 3 is 2.32 bits per heavy atom. The van der Waals surface area contributed by atoms with Crippen molar-refractivity contribution in [2.75, 3.05) is 18.0 Å². The van der Waals surface area contributed by atoms with Crippen LogP contribution in [-0.4, -0.2) is 18.1 Å². The van der Waals surface area contributed by atoms with E-state index in [0.717, 1.165) is 42.2 Å². The number of hydrogen-bond donors (Lipinski definition) is 0. The molecule has 1 aliphatic rings. The summed E-state index contributed by atoms with van der Waals surface area (Å²) in [6.07, 6.45) is 4.87. The van der Waals surface area contributed by atoms with Crippen LogP contribution in [0.5, 0.6) is 0 Å². The minimum Gasteiger partial charge on any atom is -0.371 e. The van der Waals surface area contributed by atoms with Crippen LogP contribution in [0.4, 0.5) is 5.69 Å². The van der Waals surface area contributed by atoms with Crippen LogP contribution in [0.25, 0.3) is 0 Å². The van der Waals surface area contributed by atoms with Crippen molar-refractivity contribution < 1.29 is 0 Å². The molecule has 0 radical (unpaired) electrons. The number of rotatable bonds is 2. The van der Waals surface area contributed by atoms with E-state index in [1.165, 1.54) is 0 Å². The minimum atomic E-state index is -0.499. The third-order valence-corrected chi connectivity index (χ3v) is 4.74. The Balaban J connectivity index is 1.79. The van der Waals surface area contributed by atoms with E-state index in [1.54, 1.807) is 12.4 Å². The highest BCUT2D eigenvalue weighted by molar-refractivity contribution is 6.30. The summed E-state index contributed by atoms with van der Waals surface area (Å²) in [5.41, 5.74) is 1.55. The topological polar surface area (TPSA) is 39.9 Å². The van der Waals surface area contributed by atoms with Crippen LogP contribution in [0.3, 0.4) is 0 Å². The van der Waals surface area contributed by atoms with E-state index in [2.05, 4.69) is 16.0 Å². The van der Waals surface area contributed by atoms with Crippen molar-refractivity contribution >= 4 is 28.9 Å². The Bertz CT molecular complexity index is 699. The number of halogens is 2. The maximum absolute atomic E-state index is 9.72. The average molecular weight is 332 g/mol. The second-order valence-electron chi connectivity index (χ2n) is 5.55. The molecular weight excluding hydrogens is 317 g/mol. The van der Waals surface area contributed by atoms with Crippen molar-refractivity contribution in [1.82, 2.24) is 4.98 Å². The number of benzene rings is 1. The minimum absolute atomic E-state index is 0.499. The van der Waals surface area contributed by atoms with Gasteiger partial charge < -0.3 is 4.90 Å². The van der Waals surface area contributed by atoms with Crippen molar-refractivity contribution in [3.05, 3.63) is 58.3 Å². The first-order valence-corrected chi connectivity index (χ1v) is 7.91. The van der Waals surface area contributed by atoms with Gasteiger partial charge in [0.1, 0.15) is 0 Å². The lowest BCUT2D eigenvalue weighted by atomic mass is 9.74. The third kappa shape index (κ3) is 2.90. The highest BCUT2D eigenvalue weighted by atomic mass is 35.5. The number of nitrogens with zero attached hydrogens (tertiary/aromatic N) is 3. The lowest BCUT2D eigenvalue weighted by Crippen LogP contribution is -2.42. The summed E-state index contributed by atoms with van der Waals surface area (Å²) < 4.78 is 0. The van der Waals surface area contributed by atoms with Gasteiger partial charge in [0, 0.05) is 36.2 Å². The van der Waals surface area contributed by atoms with E-state index >= 15 is 0 Å². The molecule has 0 amide bonds. The SMILES string of the molecule is N#CC1(c2cncc(Cl)c2)CCN(c2ccc(Cl)cc2)CC1. The standard InChI is InChI=1S/C17H15Cl2N3/c18-14-1-3-16(4-2-14)22-7-5-17(12-20,6-8-22)13-9-15(19)11-21-10-13/h1-4,9-11H,5-8H2. The number of aromatic nitrogens is 1. The molecule has 1 aromatic heterocycles. The fraction of sp³-hybridized carbons (Fsp3) is 0.294. The first-order valence-electron chi connectivity index (χ1n) is 7.16. The van der Waals surface area contributed by atoms with Gasteiger partial charge in [0.2, 0.25) is 0 Å². The highest BCUT2D eigenvalue weighted by Crippen LogP contribution is 2.37. The monoisotopic (exact) mass is 331 g/mol. The van der Waals surface area contributed by atoms with E-state index in [-0.39, 0.29) is 0 Å². The molecule has 3 nitrogen and oxygen atoms in total. The molecule has 1 saturated heterocycles. The van der Waals surface area contributed by atoms with Gasteiger partial charge in [0.05, 0.1) is 16.5 Å². The summed E-state index contributed by atoms with van der Waals surface area (Å²) in [4.78, 5) is 6.41. The highest BCUT2D eigenvalue weighted by Gasteiger charge is 2.37. The molecule has 5 heteroatoms. The average Bonchev–Trinajstić information content (AvgIpc) is 2.56. The van der Waals surface area contributed by atoms with Crippen LogP contribution in [0.1, 0.15) is 18.4 Å². The molecule has 0 N–H and O–H groups in total. The summed E-state index contributed by atoms with van der Waals surface area (Å²) >= 11 is 12.0. The molecule has 0 saturated carbocycles. The molecule has 112 valence electrons. The van der Waals surface area contributed by atoms with Gasteiger partial charge in [-0.15, -0.1) is 0 Å². The number of piperidine rings is 1. The van der Waals surface area contributed by atoms with Crippen LogP contribution in [0.2, 0.25) is 10.0 Å². The molecule has 22 heavy (non-hydrogen) atoms. The molecule has 0 aliphatic carbocycles. The van der Waals surface area contributed by atoms with Crippen molar-refractivity contribution in [3.63, 3.8) is 0 Å². The van der Waals surface area contributed by atoms with E-state index in [1.807, 2.05) is 30.3 Å². The number of hydrogen-bond acceptors (Lipinski definition) is 3. The van der Waals surface area contributed by atoms with Gasteiger partial charge in [0.25, 0.3) is 0 Å². The summed E-state index contributed by atoms with van der Waals surface area (Å²) in [5, 5.41) is 11.0. The van der Waals surface area contributed by atoms with Crippen LogP contribution >= 0.6 is 23.2 Å². The molecule has 0 spiro atoms. The molecule has 0 atom stereocenters. The van der Waals surface area contributed by atoms with E-state index in [4.69, 9.17) is 23.2 Å². The van der Waals surface area contributed by atoms with Crippen molar-refractivity contribution in [3.8, 4) is 6.07 Å². The molecule has 1 aromatic carbocycles. The second-order valence-corrected chi connectivity index (χ2v) is 6.42. The summed E-state index contributed by atoms with van der Waals surface area (Å²) in [5.74, 6) is 0. The Morgan fingerprint density at radius 1 is 1.05 bits per heavy atom. The fourth-order valence-electron chi connectivity index (χ4n) is 2.94. The Morgan fingerprint density at radius 2 is 1.73 bits per heavy atom. The van der Waals surface area contributed by atoms with Gasteiger partial charge in [-0.3, -0.25) is 4.98 Å². The number of nitriles is 1. The fourth-order valence-corrected chi connectivity index (χ4v) is 3.24. The molecule has 1 aliphatic heterocycles. The van der Waals surface area contributed by atoms with E-state index < -0.39 is 5.41 Å². The summed E-state index contributed by atoms with van der Waals surface area (Å²) in [6, 6.07) is 12.2. The second kappa shape index (κ2) is 6.16. The van der Waals surface area contributed by atoms with Gasteiger partial charge in [-0.2, -0.15) is 5.26 Å². The first kappa shape index (κ1) is 15.1. The predicted octanol–water partition coefficient (Wildman–Crippen LogP) is 4.45. The summed E-state index contributed by atoms with van der Waals surface area (Å²) in [7, 11) is 0.